The van der Waals surface area contributed by atoms with Crippen LogP contribution in [0.15, 0.2) is 48.8 Å². The van der Waals surface area contributed by atoms with Gasteiger partial charge in [-0.15, -0.1) is 5.10 Å². The van der Waals surface area contributed by atoms with Crippen LogP contribution in [0.1, 0.15) is 10.4 Å². The van der Waals surface area contributed by atoms with Gasteiger partial charge in [0.25, 0.3) is 0 Å². The van der Waals surface area contributed by atoms with Gasteiger partial charge in [0, 0.05) is 6.20 Å². The Hall–Kier alpha value is -2.69. The SMILES string of the molecule is COC(=O)c1ccccc1-c1ccn2nncc2c1. The van der Waals surface area contributed by atoms with Crippen LogP contribution < -0.4 is 0 Å². The second kappa shape index (κ2) is 4.53. The molecule has 0 fully saturated rings. The lowest BCUT2D eigenvalue weighted by atomic mass is 10.0. The lowest BCUT2D eigenvalue weighted by Gasteiger charge is -2.08. The third-order valence-corrected chi connectivity index (χ3v) is 2.94. The molecule has 0 atom stereocenters. The van der Waals surface area contributed by atoms with E-state index in [1.54, 1.807) is 16.8 Å². The molecule has 0 bridgehead atoms. The summed E-state index contributed by atoms with van der Waals surface area (Å²) in [5, 5.41) is 7.73. The lowest BCUT2D eigenvalue weighted by molar-refractivity contribution is 0.0601. The third kappa shape index (κ3) is 1.95. The molecular formula is C14H11N3O2. The minimum atomic E-state index is -0.345. The van der Waals surface area contributed by atoms with Crippen molar-refractivity contribution < 1.29 is 9.53 Å². The van der Waals surface area contributed by atoms with Crippen molar-refractivity contribution in [2.45, 2.75) is 0 Å². The maximum absolute atomic E-state index is 11.8. The van der Waals surface area contributed by atoms with Gasteiger partial charge in [0.05, 0.1) is 24.4 Å². The summed E-state index contributed by atoms with van der Waals surface area (Å²) in [6.07, 6.45) is 3.48. The van der Waals surface area contributed by atoms with Gasteiger partial charge in [-0.25, -0.2) is 9.31 Å². The zero-order chi connectivity index (χ0) is 13.2. The van der Waals surface area contributed by atoms with Crippen LogP contribution in [0, 0.1) is 0 Å². The van der Waals surface area contributed by atoms with Gasteiger partial charge < -0.3 is 4.74 Å². The van der Waals surface area contributed by atoms with E-state index in [4.69, 9.17) is 4.74 Å². The highest BCUT2D eigenvalue weighted by Gasteiger charge is 2.12. The van der Waals surface area contributed by atoms with E-state index < -0.39 is 0 Å². The lowest BCUT2D eigenvalue weighted by Crippen LogP contribution is -2.03. The summed E-state index contributed by atoms with van der Waals surface area (Å²) in [6, 6.07) is 11.2. The molecule has 0 aliphatic carbocycles. The van der Waals surface area contributed by atoms with Crippen LogP contribution in [0.4, 0.5) is 0 Å². The summed E-state index contributed by atoms with van der Waals surface area (Å²) < 4.78 is 6.47. The Morgan fingerprint density at radius 2 is 2.11 bits per heavy atom. The fraction of sp³-hybridized carbons (Fsp3) is 0.0714. The molecule has 0 unspecified atom stereocenters. The number of hydrogen-bond acceptors (Lipinski definition) is 4. The second-order valence-corrected chi connectivity index (χ2v) is 4.06. The van der Waals surface area contributed by atoms with E-state index in [0.29, 0.717) is 5.56 Å². The fourth-order valence-electron chi connectivity index (χ4n) is 2.02. The number of methoxy groups -OCH3 is 1. The predicted molar refractivity (Wildman–Crippen MR) is 69.8 cm³/mol. The van der Waals surface area contributed by atoms with Crippen molar-refractivity contribution in [2.24, 2.45) is 0 Å². The highest BCUT2D eigenvalue weighted by Crippen LogP contribution is 2.25. The molecule has 0 N–H and O–H groups in total. The molecule has 0 radical (unpaired) electrons. The number of ether oxygens (including phenoxy) is 1. The first-order valence-electron chi connectivity index (χ1n) is 5.77. The van der Waals surface area contributed by atoms with E-state index in [1.807, 2.05) is 36.5 Å². The molecule has 3 rings (SSSR count). The molecule has 5 heteroatoms. The monoisotopic (exact) mass is 253 g/mol. The highest BCUT2D eigenvalue weighted by molar-refractivity contribution is 5.97. The topological polar surface area (TPSA) is 56.5 Å². The van der Waals surface area contributed by atoms with Gasteiger partial charge in [-0.05, 0) is 29.3 Å². The Balaban J connectivity index is 2.17. The molecule has 94 valence electrons. The van der Waals surface area contributed by atoms with Crippen LogP contribution in [-0.4, -0.2) is 27.9 Å². The minimum absolute atomic E-state index is 0.345. The number of fused-ring (bicyclic) bond motifs is 1. The molecule has 0 spiro atoms. The Morgan fingerprint density at radius 3 is 2.95 bits per heavy atom. The van der Waals surface area contributed by atoms with Crippen LogP contribution in [-0.2, 0) is 4.74 Å². The van der Waals surface area contributed by atoms with Gasteiger partial charge in [-0.2, -0.15) is 0 Å². The molecule has 2 heterocycles. The van der Waals surface area contributed by atoms with Crippen molar-refractivity contribution in [1.82, 2.24) is 14.8 Å². The standard InChI is InChI=1S/C14H11N3O2/c1-19-14(18)13-5-3-2-4-12(13)10-6-7-17-11(8-10)9-15-16-17/h2-9H,1H3. The number of rotatable bonds is 2. The quantitative estimate of drug-likeness (QED) is 0.657. The molecular weight excluding hydrogens is 242 g/mol. The average Bonchev–Trinajstić information content (AvgIpc) is 2.93. The van der Waals surface area contributed by atoms with Crippen molar-refractivity contribution >= 4 is 11.5 Å². The molecule has 0 aliphatic rings. The summed E-state index contributed by atoms with van der Waals surface area (Å²) in [7, 11) is 1.38. The van der Waals surface area contributed by atoms with Gasteiger partial charge in [-0.1, -0.05) is 23.4 Å². The van der Waals surface area contributed by atoms with E-state index in [2.05, 4.69) is 10.3 Å². The van der Waals surface area contributed by atoms with Gasteiger partial charge in [0.2, 0.25) is 0 Å². The van der Waals surface area contributed by atoms with E-state index in [1.165, 1.54) is 7.11 Å². The van der Waals surface area contributed by atoms with E-state index in [-0.39, 0.29) is 5.97 Å². The van der Waals surface area contributed by atoms with Crippen LogP contribution in [0.3, 0.4) is 0 Å². The highest BCUT2D eigenvalue weighted by atomic mass is 16.5. The van der Waals surface area contributed by atoms with Gasteiger partial charge in [0.1, 0.15) is 0 Å². The average molecular weight is 253 g/mol. The number of hydrogen-bond donors (Lipinski definition) is 0. The summed E-state index contributed by atoms with van der Waals surface area (Å²) in [6.45, 7) is 0. The second-order valence-electron chi connectivity index (χ2n) is 4.06. The minimum Gasteiger partial charge on any atom is -0.465 e. The van der Waals surface area contributed by atoms with Crippen molar-refractivity contribution in [1.29, 1.82) is 0 Å². The number of esters is 1. The number of aromatic nitrogens is 3. The molecule has 2 aromatic heterocycles. The zero-order valence-corrected chi connectivity index (χ0v) is 10.3. The van der Waals surface area contributed by atoms with Gasteiger partial charge >= 0.3 is 5.97 Å². The summed E-state index contributed by atoms with van der Waals surface area (Å²) in [5.41, 5.74) is 3.17. The van der Waals surface area contributed by atoms with Crippen LogP contribution >= 0.6 is 0 Å². The third-order valence-electron chi connectivity index (χ3n) is 2.94. The summed E-state index contributed by atoms with van der Waals surface area (Å²) >= 11 is 0. The first-order valence-corrected chi connectivity index (χ1v) is 5.77. The van der Waals surface area contributed by atoms with E-state index in [0.717, 1.165) is 16.6 Å². The molecule has 0 amide bonds. The molecule has 0 saturated heterocycles. The molecule has 3 aromatic rings. The predicted octanol–water partition coefficient (Wildman–Crippen LogP) is 2.18. The molecule has 19 heavy (non-hydrogen) atoms. The Labute approximate surface area is 109 Å². The summed E-state index contributed by atoms with van der Waals surface area (Å²) in [4.78, 5) is 11.8. The Morgan fingerprint density at radius 1 is 1.26 bits per heavy atom. The first kappa shape index (κ1) is 11.4. The smallest absolute Gasteiger partial charge is 0.338 e. The maximum Gasteiger partial charge on any atom is 0.338 e. The first-order chi connectivity index (χ1) is 9.29. The normalized spacial score (nSPS) is 10.6. The van der Waals surface area contributed by atoms with Crippen LogP contribution in [0.5, 0.6) is 0 Å². The number of carbonyl (C=O) groups is 1. The van der Waals surface area contributed by atoms with Gasteiger partial charge in [0.15, 0.2) is 0 Å². The summed E-state index contributed by atoms with van der Waals surface area (Å²) in [5.74, 6) is -0.345. The van der Waals surface area contributed by atoms with E-state index in [9.17, 15) is 4.79 Å². The maximum atomic E-state index is 11.8. The zero-order valence-electron chi connectivity index (χ0n) is 10.3. The van der Waals surface area contributed by atoms with Crippen molar-refractivity contribution in [3.63, 3.8) is 0 Å². The van der Waals surface area contributed by atoms with Crippen molar-refractivity contribution in [3.8, 4) is 11.1 Å². The molecule has 5 nitrogen and oxygen atoms in total. The Bertz CT molecular complexity index is 749. The fourth-order valence-corrected chi connectivity index (χ4v) is 2.02. The Kier molecular flexibility index (Phi) is 2.72. The number of carbonyl (C=O) groups excluding carboxylic acids is 1. The molecule has 0 saturated carbocycles. The molecule has 1 aromatic carbocycles. The molecule has 0 aliphatic heterocycles. The number of benzene rings is 1. The van der Waals surface area contributed by atoms with Crippen molar-refractivity contribution in [2.75, 3.05) is 7.11 Å². The van der Waals surface area contributed by atoms with Gasteiger partial charge in [-0.3, -0.25) is 0 Å². The van der Waals surface area contributed by atoms with Crippen LogP contribution in [0.25, 0.3) is 16.6 Å². The number of pyridine rings is 1. The number of nitrogens with zero attached hydrogens (tertiary/aromatic N) is 3. The largest absolute Gasteiger partial charge is 0.465 e. The van der Waals surface area contributed by atoms with Crippen LogP contribution in [0.2, 0.25) is 0 Å². The van der Waals surface area contributed by atoms with E-state index >= 15 is 0 Å². The van der Waals surface area contributed by atoms with Crippen molar-refractivity contribution in [3.05, 3.63) is 54.4 Å².